The molecule has 200 valence electrons. The number of amides is 1. The van der Waals surface area contributed by atoms with Crippen molar-refractivity contribution in [3.8, 4) is 11.6 Å². The quantitative estimate of drug-likeness (QED) is 0.393. The number of nitrogens with zero attached hydrogens (tertiary/aromatic N) is 3. The van der Waals surface area contributed by atoms with Gasteiger partial charge in [0.1, 0.15) is 12.3 Å². The van der Waals surface area contributed by atoms with Crippen molar-refractivity contribution in [2.75, 3.05) is 6.61 Å². The summed E-state index contributed by atoms with van der Waals surface area (Å²) in [6, 6.07) is 9.38. The Morgan fingerprint density at radius 1 is 1.16 bits per heavy atom. The summed E-state index contributed by atoms with van der Waals surface area (Å²) >= 11 is 0. The molecule has 1 aromatic carbocycles. The van der Waals surface area contributed by atoms with Crippen molar-refractivity contribution in [1.29, 1.82) is 0 Å². The highest BCUT2D eigenvalue weighted by atomic mass is 19.4. The lowest BCUT2D eigenvalue weighted by Gasteiger charge is -2.25. The Balaban J connectivity index is 1.28. The van der Waals surface area contributed by atoms with Crippen LogP contribution in [-0.4, -0.2) is 39.3 Å². The molecule has 38 heavy (non-hydrogen) atoms. The van der Waals surface area contributed by atoms with Crippen LogP contribution in [0.25, 0.3) is 6.08 Å². The van der Waals surface area contributed by atoms with Gasteiger partial charge in [0, 0.05) is 24.5 Å². The Morgan fingerprint density at radius 3 is 2.63 bits per heavy atom. The second-order valence-corrected chi connectivity index (χ2v) is 8.84. The number of benzene rings is 1. The number of hydrogen-bond donors (Lipinski definition) is 1. The largest absolute Gasteiger partial charge is 0.465 e. The summed E-state index contributed by atoms with van der Waals surface area (Å²) in [7, 11) is 0. The van der Waals surface area contributed by atoms with E-state index < -0.39 is 17.7 Å². The van der Waals surface area contributed by atoms with E-state index in [1.165, 1.54) is 28.7 Å². The third kappa shape index (κ3) is 7.44. The van der Waals surface area contributed by atoms with Gasteiger partial charge in [0.2, 0.25) is 5.88 Å². The number of aromatic nitrogens is 3. The highest BCUT2D eigenvalue weighted by Gasteiger charge is 2.30. The Labute approximate surface area is 217 Å². The highest BCUT2D eigenvalue weighted by Crippen LogP contribution is 2.31. The van der Waals surface area contributed by atoms with Crippen LogP contribution in [0.4, 0.5) is 13.2 Å². The second-order valence-electron chi connectivity index (χ2n) is 8.84. The summed E-state index contributed by atoms with van der Waals surface area (Å²) in [6.45, 7) is 1.96. The SMILES string of the molecule is CCOC(=O)Cn1cc(C(=O)NC2CCC(=Cc3cccc(Oc4ccc(C(F)(F)F)cn4)c3)CC2)cn1. The maximum Gasteiger partial charge on any atom is 0.417 e. The van der Waals surface area contributed by atoms with Crippen LogP contribution in [0, 0.1) is 0 Å². The first-order valence-electron chi connectivity index (χ1n) is 12.2. The lowest BCUT2D eigenvalue weighted by molar-refractivity contribution is -0.144. The molecule has 0 saturated heterocycles. The summed E-state index contributed by atoms with van der Waals surface area (Å²) in [5, 5.41) is 7.07. The van der Waals surface area contributed by atoms with E-state index in [-0.39, 0.29) is 31.0 Å². The first-order chi connectivity index (χ1) is 18.2. The number of alkyl halides is 3. The standard InChI is InChI=1S/C27H27F3N4O4/c1-2-37-25(35)17-34-16-20(14-32-34)26(36)33-22-9-6-18(7-10-22)12-19-4-3-5-23(13-19)38-24-11-8-21(15-31-24)27(28,29)30/h3-5,8,11-16,22H,2,6-7,9-10,17H2,1H3,(H,33,36). The lowest BCUT2D eigenvalue weighted by atomic mass is 9.89. The van der Waals surface area contributed by atoms with Crippen LogP contribution >= 0.6 is 0 Å². The van der Waals surface area contributed by atoms with E-state index in [0.717, 1.165) is 43.5 Å². The molecule has 1 amide bonds. The first-order valence-corrected chi connectivity index (χ1v) is 12.2. The van der Waals surface area contributed by atoms with Crippen LogP contribution in [-0.2, 0) is 22.3 Å². The monoisotopic (exact) mass is 528 g/mol. The Bertz CT molecular complexity index is 1290. The number of carbonyl (C=O) groups is 2. The minimum atomic E-state index is -4.45. The molecule has 8 nitrogen and oxygen atoms in total. The smallest absolute Gasteiger partial charge is 0.417 e. The molecule has 2 heterocycles. The fourth-order valence-electron chi connectivity index (χ4n) is 4.08. The maximum atomic E-state index is 12.7. The Morgan fingerprint density at radius 2 is 1.95 bits per heavy atom. The van der Waals surface area contributed by atoms with Gasteiger partial charge in [0.25, 0.3) is 5.91 Å². The lowest BCUT2D eigenvalue weighted by Crippen LogP contribution is -2.36. The zero-order chi connectivity index (χ0) is 27.1. The van der Waals surface area contributed by atoms with E-state index in [1.54, 1.807) is 25.1 Å². The van der Waals surface area contributed by atoms with Crippen molar-refractivity contribution >= 4 is 18.0 Å². The van der Waals surface area contributed by atoms with Crippen molar-refractivity contribution < 1.29 is 32.2 Å². The van der Waals surface area contributed by atoms with Gasteiger partial charge in [-0.3, -0.25) is 14.3 Å². The first kappa shape index (κ1) is 26.9. The molecule has 0 unspecified atom stereocenters. The third-order valence-electron chi connectivity index (χ3n) is 5.97. The van der Waals surface area contributed by atoms with E-state index in [2.05, 4.69) is 21.5 Å². The molecule has 4 rings (SSSR count). The molecule has 1 fully saturated rings. The van der Waals surface area contributed by atoms with E-state index in [4.69, 9.17) is 9.47 Å². The highest BCUT2D eigenvalue weighted by molar-refractivity contribution is 5.94. The normalized spacial score (nSPS) is 15.6. The molecule has 1 N–H and O–H groups in total. The van der Waals surface area contributed by atoms with Gasteiger partial charge in [-0.15, -0.1) is 0 Å². The van der Waals surface area contributed by atoms with Gasteiger partial charge < -0.3 is 14.8 Å². The summed E-state index contributed by atoms with van der Waals surface area (Å²) in [6.07, 6.45) is 4.47. The van der Waals surface area contributed by atoms with E-state index >= 15 is 0 Å². The van der Waals surface area contributed by atoms with Crippen molar-refractivity contribution in [3.63, 3.8) is 0 Å². The Kier molecular flexibility index (Phi) is 8.45. The van der Waals surface area contributed by atoms with Crippen molar-refractivity contribution in [3.05, 3.63) is 77.3 Å². The van der Waals surface area contributed by atoms with Crippen LogP contribution in [0.2, 0.25) is 0 Å². The van der Waals surface area contributed by atoms with Crippen LogP contribution in [0.5, 0.6) is 11.6 Å². The number of pyridine rings is 1. The summed E-state index contributed by atoms with van der Waals surface area (Å²) in [5.74, 6) is -0.108. The number of hydrogen-bond acceptors (Lipinski definition) is 6. The minimum absolute atomic E-state index is 0.0217. The summed E-state index contributed by atoms with van der Waals surface area (Å²) in [4.78, 5) is 27.9. The van der Waals surface area contributed by atoms with Crippen LogP contribution in [0.15, 0.2) is 60.6 Å². The molecule has 1 aliphatic carbocycles. The molecule has 0 radical (unpaired) electrons. The molecular formula is C27H27F3N4O4. The molecule has 1 aliphatic rings. The number of allylic oxidation sites excluding steroid dienone is 1. The molecule has 3 aromatic rings. The topological polar surface area (TPSA) is 95.3 Å². The number of carbonyl (C=O) groups excluding carboxylic acids is 2. The van der Waals surface area contributed by atoms with Gasteiger partial charge in [-0.05, 0) is 56.4 Å². The third-order valence-corrected chi connectivity index (χ3v) is 5.97. The predicted octanol–water partition coefficient (Wildman–Crippen LogP) is 5.41. The van der Waals surface area contributed by atoms with Gasteiger partial charge in [0.05, 0.1) is 23.9 Å². The number of halogens is 3. The van der Waals surface area contributed by atoms with Crippen LogP contribution in [0.1, 0.15) is 54.1 Å². The average molecular weight is 529 g/mol. The number of rotatable bonds is 8. The summed E-state index contributed by atoms with van der Waals surface area (Å²) in [5.41, 5.74) is 1.68. The van der Waals surface area contributed by atoms with E-state index in [9.17, 15) is 22.8 Å². The fraction of sp³-hybridized carbons (Fsp3) is 0.333. The molecule has 2 aromatic heterocycles. The fourth-order valence-corrected chi connectivity index (χ4v) is 4.08. The Hall–Kier alpha value is -4.15. The van der Waals surface area contributed by atoms with Crippen LogP contribution in [0.3, 0.4) is 0 Å². The van der Waals surface area contributed by atoms with Gasteiger partial charge in [-0.25, -0.2) is 4.98 Å². The van der Waals surface area contributed by atoms with Gasteiger partial charge >= 0.3 is 12.1 Å². The second kappa shape index (κ2) is 11.9. The zero-order valence-corrected chi connectivity index (χ0v) is 20.7. The van der Waals surface area contributed by atoms with Crippen LogP contribution < -0.4 is 10.1 Å². The van der Waals surface area contributed by atoms with Gasteiger partial charge in [0.15, 0.2) is 0 Å². The molecule has 0 spiro atoms. The molecule has 1 saturated carbocycles. The number of ether oxygens (including phenoxy) is 2. The van der Waals surface area contributed by atoms with E-state index in [0.29, 0.717) is 11.3 Å². The van der Waals surface area contributed by atoms with Crippen molar-refractivity contribution in [2.45, 2.75) is 51.4 Å². The van der Waals surface area contributed by atoms with Gasteiger partial charge in [-0.1, -0.05) is 23.8 Å². The predicted molar refractivity (Wildman–Crippen MR) is 132 cm³/mol. The van der Waals surface area contributed by atoms with E-state index in [1.807, 2.05) is 6.07 Å². The average Bonchev–Trinajstić information content (AvgIpc) is 3.34. The van der Waals surface area contributed by atoms with Crippen molar-refractivity contribution in [1.82, 2.24) is 20.1 Å². The number of nitrogens with one attached hydrogen (secondary N) is 1. The maximum absolute atomic E-state index is 12.7. The molecular weight excluding hydrogens is 501 g/mol. The molecule has 0 atom stereocenters. The minimum Gasteiger partial charge on any atom is -0.465 e. The summed E-state index contributed by atoms with van der Waals surface area (Å²) < 4.78 is 50.1. The molecule has 0 bridgehead atoms. The molecule has 11 heteroatoms. The number of esters is 1. The van der Waals surface area contributed by atoms with Gasteiger partial charge in [-0.2, -0.15) is 18.3 Å². The molecule has 0 aliphatic heterocycles. The van der Waals surface area contributed by atoms with Crippen molar-refractivity contribution in [2.24, 2.45) is 0 Å². The zero-order valence-electron chi connectivity index (χ0n) is 20.7.